The fourth-order valence-corrected chi connectivity index (χ4v) is 2.03. The molecular formula is C11H11F2N3O2S. The second-order valence-electron chi connectivity index (χ2n) is 3.44. The standard InChI is InChI=1S/C11H11F2N3O2S/c1-17-7-4-3-6(5-8(7)18-2)14-11-16-15-10(19-11)9(12)13/h3-5,9H,1-2H3,(H,14,16). The van der Waals surface area contributed by atoms with E-state index in [0.29, 0.717) is 22.3 Å². The van der Waals surface area contributed by atoms with Crippen LogP contribution in [-0.4, -0.2) is 24.4 Å². The van der Waals surface area contributed by atoms with E-state index < -0.39 is 6.43 Å². The van der Waals surface area contributed by atoms with E-state index in [2.05, 4.69) is 15.5 Å². The summed E-state index contributed by atoms with van der Waals surface area (Å²) in [5.41, 5.74) is 0.648. The minimum absolute atomic E-state index is 0.294. The smallest absolute Gasteiger partial charge is 0.291 e. The second kappa shape index (κ2) is 5.79. The number of alkyl halides is 2. The number of hydrogen-bond acceptors (Lipinski definition) is 6. The van der Waals surface area contributed by atoms with E-state index in [0.717, 1.165) is 11.3 Å². The summed E-state index contributed by atoms with van der Waals surface area (Å²) in [7, 11) is 3.05. The zero-order valence-electron chi connectivity index (χ0n) is 10.2. The van der Waals surface area contributed by atoms with E-state index >= 15 is 0 Å². The molecule has 1 aromatic carbocycles. The molecule has 8 heteroatoms. The summed E-state index contributed by atoms with van der Waals surface area (Å²) < 4.78 is 35.0. The minimum Gasteiger partial charge on any atom is -0.493 e. The third kappa shape index (κ3) is 3.08. The Morgan fingerprint density at radius 2 is 1.89 bits per heavy atom. The van der Waals surface area contributed by atoms with Crippen molar-refractivity contribution >= 4 is 22.2 Å². The summed E-state index contributed by atoms with van der Waals surface area (Å²) in [5.74, 6) is 1.12. The van der Waals surface area contributed by atoms with Gasteiger partial charge in [0.2, 0.25) is 5.13 Å². The molecule has 0 aliphatic carbocycles. The molecular weight excluding hydrogens is 276 g/mol. The first-order valence-corrected chi connectivity index (χ1v) is 6.06. The number of ether oxygens (including phenoxy) is 2. The third-order valence-corrected chi connectivity index (χ3v) is 3.11. The van der Waals surface area contributed by atoms with Gasteiger partial charge in [0.05, 0.1) is 14.2 Å². The summed E-state index contributed by atoms with van der Waals surface area (Å²) in [5, 5.41) is 9.88. The van der Waals surface area contributed by atoms with Crippen LogP contribution in [0.4, 0.5) is 19.6 Å². The summed E-state index contributed by atoms with van der Waals surface area (Å²) >= 11 is 0.804. The molecule has 0 saturated heterocycles. The Kier molecular flexibility index (Phi) is 4.10. The Hall–Kier alpha value is -1.96. The number of benzene rings is 1. The number of aromatic nitrogens is 2. The van der Waals surface area contributed by atoms with Gasteiger partial charge in [-0.05, 0) is 12.1 Å². The molecule has 2 rings (SSSR count). The molecule has 0 aliphatic rings. The van der Waals surface area contributed by atoms with Crippen molar-refractivity contribution in [1.29, 1.82) is 0 Å². The molecule has 1 heterocycles. The maximum absolute atomic E-state index is 12.4. The molecule has 0 amide bonds. The zero-order valence-corrected chi connectivity index (χ0v) is 11.0. The highest BCUT2D eigenvalue weighted by Crippen LogP contribution is 2.32. The summed E-state index contributed by atoms with van der Waals surface area (Å²) in [6, 6.07) is 5.11. The third-order valence-electron chi connectivity index (χ3n) is 2.26. The predicted molar refractivity (Wildman–Crippen MR) is 67.7 cm³/mol. The highest BCUT2D eigenvalue weighted by atomic mass is 32.1. The molecule has 0 bridgehead atoms. The van der Waals surface area contributed by atoms with Gasteiger partial charge in [0.25, 0.3) is 6.43 Å². The first-order valence-electron chi connectivity index (χ1n) is 5.24. The molecule has 5 nitrogen and oxygen atoms in total. The van der Waals surface area contributed by atoms with Crippen molar-refractivity contribution in [1.82, 2.24) is 10.2 Å². The van der Waals surface area contributed by atoms with Crippen molar-refractivity contribution in [2.24, 2.45) is 0 Å². The van der Waals surface area contributed by atoms with Crippen molar-refractivity contribution in [3.05, 3.63) is 23.2 Å². The average molecular weight is 287 g/mol. The minimum atomic E-state index is -2.61. The first kappa shape index (κ1) is 13.5. The van der Waals surface area contributed by atoms with Crippen LogP contribution in [0.5, 0.6) is 11.5 Å². The van der Waals surface area contributed by atoms with Crippen LogP contribution < -0.4 is 14.8 Å². The number of methoxy groups -OCH3 is 2. The van der Waals surface area contributed by atoms with Crippen LogP contribution in [0.15, 0.2) is 18.2 Å². The lowest BCUT2D eigenvalue weighted by atomic mass is 10.3. The maximum atomic E-state index is 12.4. The molecule has 1 aromatic heterocycles. The van der Waals surface area contributed by atoms with Gasteiger partial charge in [-0.25, -0.2) is 8.78 Å². The van der Waals surface area contributed by atoms with E-state index in [1.165, 1.54) is 14.2 Å². The van der Waals surface area contributed by atoms with Gasteiger partial charge in [-0.2, -0.15) is 0 Å². The van der Waals surface area contributed by atoms with Crippen molar-refractivity contribution < 1.29 is 18.3 Å². The van der Waals surface area contributed by atoms with Gasteiger partial charge in [-0.15, -0.1) is 10.2 Å². The first-order chi connectivity index (χ1) is 9.13. The lowest BCUT2D eigenvalue weighted by Gasteiger charge is -2.09. The lowest BCUT2D eigenvalue weighted by molar-refractivity contribution is 0.150. The molecule has 0 spiro atoms. The highest BCUT2D eigenvalue weighted by molar-refractivity contribution is 7.15. The number of nitrogens with one attached hydrogen (secondary N) is 1. The van der Waals surface area contributed by atoms with Crippen LogP contribution in [0, 0.1) is 0 Å². The van der Waals surface area contributed by atoms with Gasteiger partial charge < -0.3 is 14.8 Å². The molecule has 0 atom stereocenters. The molecule has 0 unspecified atom stereocenters. The fourth-order valence-electron chi connectivity index (χ4n) is 1.41. The quantitative estimate of drug-likeness (QED) is 0.915. The van der Waals surface area contributed by atoms with Crippen LogP contribution in [0.25, 0.3) is 0 Å². The summed E-state index contributed by atoms with van der Waals surface area (Å²) in [6.07, 6.45) is -2.61. The molecule has 0 aliphatic heterocycles. The second-order valence-corrected chi connectivity index (χ2v) is 4.45. The Balaban J connectivity index is 2.18. The van der Waals surface area contributed by atoms with Gasteiger partial charge in [-0.1, -0.05) is 11.3 Å². The molecule has 102 valence electrons. The van der Waals surface area contributed by atoms with Gasteiger partial charge in [0.15, 0.2) is 16.5 Å². The van der Waals surface area contributed by atoms with Crippen molar-refractivity contribution in [3.63, 3.8) is 0 Å². The SMILES string of the molecule is COc1ccc(Nc2nnc(C(F)F)s2)cc1OC. The van der Waals surface area contributed by atoms with Crippen molar-refractivity contribution in [2.45, 2.75) is 6.43 Å². The van der Waals surface area contributed by atoms with E-state index in [1.807, 2.05) is 0 Å². The topological polar surface area (TPSA) is 56.3 Å². The maximum Gasteiger partial charge on any atom is 0.291 e. The number of anilines is 2. The van der Waals surface area contributed by atoms with Crippen LogP contribution in [0.1, 0.15) is 11.4 Å². The molecule has 19 heavy (non-hydrogen) atoms. The molecule has 1 N–H and O–H groups in total. The molecule has 0 fully saturated rings. The lowest BCUT2D eigenvalue weighted by Crippen LogP contribution is -1.94. The zero-order chi connectivity index (χ0) is 13.8. The molecule has 2 aromatic rings. The van der Waals surface area contributed by atoms with Gasteiger partial charge in [0, 0.05) is 11.8 Å². The van der Waals surface area contributed by atoms with E-state index in [4.69, 9.17) is 9.47 Å². The Bertz CT molecular complexity index is 563. The number of nitrogens with zero attached hydrogens (tertiary/aromatic N) is 2. The van der Waals surface area contributed by atoms with E-state index in [1.54, 1.807) is 18.2 Å². The van der Waals surface area contributed by atoms with Crippen molar-refractivity contribution in [3.8, 4) is 11.5 Å². The van der Waals surface area contributed by atoms with E-state index in [9.17, 15) is 8.78 Å². The number of hydrogen-bond donors (Lipinski definition) is 1. The molecule has 0 radical (unpaired) electrons. The molecule has 0 saturated carbocycles. The van der Waals surface area contributed by atoms with Crippen molar-refractivity contribution in [2.75, 3.05) is 19.5 Å². The van der Waals surface area contributed by atoms with Crippen LogP contribution in [0.3, 0.4) is 0 Å². The largest absolute Gasteiger partial charge is 0.493 e. The predicted octanol–water partition coefficient (Wildman–Crippen LogP) is 3.24. The number of rotatable bonds is 5. The van der Waals surface area contributed by atoms with E-state index in [-0.39, 0.29) is 5.01 Å². The van der Waals surface area contributed by atoms with Crippen LogP contribution >= 0.6 is 11.3 Å². The van der Waals surface area contributed by atoms with Gasteiger partial charge in [-0.3, -0.25) is 0 Å². The van der Waals surface area contributed by atoms with Gasteiger partial charge >= 0.3 is 0 Å². The van der Waals surface area contributed by atoms with Crippen LogP contribution in [-0.2, 0) is 0 Å². The van der Waals surface area contributed by atoms with Crippen LogP contribution in [0.2, 0.25) is 0 Å². The van der Waals surface area contributed by atoms with Gasteiger partial charge in [0.1, 0.15) is 0 Å². The average Bonchev–Trinajstić information content (AvgIpc) is 2.87. The Labute approximate surface area is 112 Å². The monoisotopic (exact) mass is 287 g/mol. The Morgan fingerprint density at radius 1 is 1.16 bits per heavy atom. The summed E-state index contributed by atoms with van der Waals surface area (Å²) in [6.45, 7) is 0. The highest BCUT2D eigenvalue weighted by Gasteiger charge is 2.14. The Morgan fingerprint density at radius 3 is 2.47 bits per heavy atom. The summed E-state index contributed by atoms with van der Waals surface area (Å²) in [4.78, 5) is 0. The number of halogens is 2. The normalized spacial score (nSPS) is 10.6. The fraction of sp³-hybridized carbons (Fsp3) is 0.273.